The fourth-order valence-corrected chi connectivity index (χ4v) is 3.44. The number of nitrogens with zero attached hydrogens (tertiary/aromatic N) is 2. The highest BCUT2D eigenvalue weighted by Crippen LogP contribution is 2.26. The van der Waals surface area contributed by atoms with Crippen molar-refractivity contribution >= 4 is 35.0 Å². The van der Waals surface area contributed by atoms with Crippen molar-refractivity contribution in [1.29, 1.82) is 0 Å². The number of benzene rings is 2. The van der Waals surface area contributed by atoms with Gasteiger partial charge >= 0.3 is 0 Å². The first kappa shape index (κ1) is 18.7. The molecule has 1 atom stereocenters. The smallest absolute Gasteiger partial charge is 0.235 e. The van der Waals surface area contributed by atoms with Gasteiger partial charge in [0.1, 0.15) is 0 Å². The first-order chi connectivity index (χ1) is 11.4. The van der Waals surface area contributed by atoms with Crippen LogP contribution in [0.2, 0.25) is 5.02 Å². The van der Waals surface area contributed by atoms with Crippen LogP contribution in [-0.2, 0) is 11.3 Å². The van der Waals surface area contributed by atoms with E-state index in [0.29, 0.717) is 11.6 Å². The largest absolute Gasteiger partial charge is 0.378 e. The van der Waals surface area contributed by atoms with E-state index in [1.807, 2.05) is 52.3 Å². The molecule has 0 aliphatic carbocycles. The predicted molar refractivity (Wildman–Crippen MR) is 104 cm³/mol. The summed E-state index contributed by atoms with van der Waals surface area (Å²) >= 11 is 7.44. The van der Waals surface area contributed by atoms with Gasteiger partial charge in [-0.15, -0.1) is 11.8 Å². The summed E-state index contributed by atoms with van der Waals surface area (Å²) in [6.07, 6.45) is 0. The summed E-state index contributed by atoms with van der Waals surface area (Å²) in [5.74, 6) is 0.117. The third-order valence-electron chi connectivity index (χ3n) is 3.72. The summed E-state index contributed by atoms with van der Waals surface area (Å²) in [4.78, 5) is 17.4. The van der Waals surface area contributed by atoms with Gasteiger partial charge < -0.3 is 9.80 Å². The zero-order chi connectivity index (χ0) is 17.7. The minimum absolute atomic E-state index is 0.117. The van der Waals surface area contributed by atoms with E-state index in [1.54, 1.807) is 16.7 Å². The summed E-state index contributed by atoms with van der Waals surface area (Å²) in [7, 11) is 5.88. The Balaban J connectivity index is 1.94. The van der Waals surface area contributed by atoms with Crippen molar-refractivity contribution < 1.29 is 4.79 Å². The van der Waals surface area contributed by atoms with E-state index in [9.17, 15) is 4.79 Å². The summed E-state index contributed by atoms with van der Waals surface area (Å²) < 4.78 is 0. The van der Waals surface area contributed by atoms with Crippen LogP contribution in [0, 0.1) is 0 Å². The van der Waals surface area contributed by atoms with E-state index in [2.05, 4.69) is 29.2 Å². The van der Waals surface area contributed by atoms with Gasteiger partial charge in [-0.3, -0.25) is 4.79 Å². The second-order valence-corrected chi connectivity index (χ2v) is 7.82. The Morgan fingerprint density at radius 1 is 1.04 bits per heavy atom. The molecule has 24 heavy (non-hydrogen) atoms. The Kier molecular flexibility index (Phi) is 6.58. The molecule has 0 spiro atoms. The average molecular weight is 363 g/mol. The molecule has 128 valence electrons. The summed E-state index contributed by atoms with van der Waals surface area (Å²) in [5.41, 5.74) is 2.28. The van der Waals surface area contributed by atoms with Crippen molar-refractivity contribution in [3.8, 4) is 0 Å². The zero-order valence-electron chi connectivity index (χ0n) is 14.5. The Morgan fingerprint density at radius 3 is 2.17 bits per heavy atom. The molecule has 0 radical (unpaired) electrons. The van der Waals surface area contributed by atoms with Gasteiger partial charge in [-0.05, 0) is 48.9 Å². The van der Waals surface area contributed by atoms with Crippen LogP contribution in [0.4, 0.5) is 5.69 Å². The Morgan fingerprint density at radius 2 is 1.62 bits per heavy atom. The lowest BCUT2D eigenvalue weighted by atomic mass is 10.2. The molecule has 2 aromatic rings. The molecule has 0 N–H and O–H groups in total. The lowest BCUT2D eigenvalue weighted by Gasteiger charge is -2.22. The van der Waals surface area contributed by atoms with Gasteiger partial charge in [-0.2, -0.15) is 0 Å². The molecular weight excluding hydrogens is 340 g/mol. The van der Waals surface area contributed by atoms with Crippen molar-refractivity contribution in [2.45, 2.75) is 23.6 Å². The molecule has 0 aromatic heterocycles. The van der Waals surface area contributed by atoms with Crippen LogP contribution >= 0.6 is 23.4 Å². The highest BCUT2D eigenvalue weighted by atomic mass is 35.5. The van der Waals surface area contributed by atoms with Gasteiger partial charge in [0.25, 0.3) is 0 Å². The van der Waals surface area contributed by atoms with Gasteiger partial charge in [0, 0.05) is 43.3 Å². The van der Waals surface area contributed by atoms with Crippen molar-refractivity contribution in [3.05, 3.63) is 59.1 Å². The fraction of sp³-hybridized carbons (Fsp3) is 0.316. The van der Waals surface area contributed by atoms with Crippen LogP contribution in [0.15, 0.2) is 53.4 Å². The van der Waals surface area contributed by atoms with Crippen LogP contribution in [0.25, 0.3) is 0 Å². The predicted octanol–water partition coefficient (Wildman–Crippen LogP) is 4.55. The first-order valence-electron chi connectivity index (χ1n) is 7.80. The van der Waals surface area contributed by atoms with Crippen LogP contribution in [0.3, 0.4) is 0 Å². The van der Waals surface area contributed by atoms with Gasteiger partial charge in [0.2, 0.25) is 5.91 Å². The summed E-state index contributed by atoms with van der Waals surface area (Å²) in [6.45, 7) is 2.55. The SMILES string of the molecule is CC(Sc1ccc(Cl)cc1)C(=O)N(C)Cc1ccc(N(C)C)cc1. The Hall–Kier alpha value is -1.65. The third kappa shape index (κ3) is 5.18. The zero-order valence-corrected chi connectivity index (χ0v) is 16.1. The Bertz CT molecular complexity index is 671. The van der Waals surface area contributed by atoms with Gasteiger partial charge in [0.05, 0.1) is 5.25 Å². The van der Waals surface area contributed by atoms with Gasteiger partial charge in [-0.1, -0.05) is 23.7 Å². The maximum atomic E-state index is 12.6. The number of rotatable bonds is 6. The number of halogens is 1. The summed E-state index contributed by atoms with van der Waals surface area (Å²) in [6, 6.07) is 15.8. The van der Waals surface area contributed by atoms with Crippen molar-refractivity contribution in [3.63, 3.8) is 0 Å². The molecule has 0 fully saturated rings. The molecule has 0 aliphatic heterocycles. The highest BCUT2D eigenvalue weighted by molar-refractivity contribution is 8.00. The van der Waals surface area contributed by atoms with Crippen LogP contribution < -0.4 is 4.90 Å². The monoisotopic (exact) mass is 362 g/mol. The van der Waals surface area contributed by atoms with Gasteiger partial charge in [-0.25, -0.2) is 0 Å². The lowest BCUT2D eigenvalue weighted by molar-refractivity contribution is -0.129. The molecule has 0 saturated carbocycles. The van der Waals surface area contributed by atoms with Crippen LogP contribution in [0.1, 0.15) is 12.5 Å². The Labute approximate surface area is 153 Å². The maximum Gasteiger partial charge on any atom is 0.235 e. The standard InChI is InChI=1S/C19H23ClN2OS/c1-14(24-18-11-7-16(20)8-12-18)19(23)22(4)13-15-5-9-17(10-6-15)21(2)3/h5-12,14H,13H2,1-4H3. The number of hydrogen-bond acceptors (Lipinski definition) is 3. The molecule has 0 saturated heterocycles. The van der Waals surface area contributed by atoms with E-state index in [4.69, 9.17) is 11.6 Å². The molecule has 1 amide bonds. The molecule has 3 nitrogen and oxygen atoms in total. The van der Waals surface area contributed by atoms with E-state index in [-0.39, 0.29) is 11.2 Å². The highest BCUT2D eigenvalue weighted by Gasteiger charge is 2.18. The van der Waals surface area contributed by atoms with Crippen LogP contribution in [0.5, 0.6) is 0 Å². The topological polar surface area (TPSA) is 23.6 Å². The first-order valence-corrected chi connectivity index (χ1v) is 9.06. The third-order valence-corrected chi connectivity index (χ3v) is 5.07. The second kappa shape index (κ2) is 8.45. The molecule has 2 aromatic carbocycles. The van der Waals surface area contributed by atoms with E-state index in [1.165, 1.54) is 0 Å². The fourth-order valence-electron chi connectivity index (χ4n) is 2.33. The second-order valence-electron chi connectivity index (χ2n) is 5.97. The number of anilines is 1. The van der Waals surface area contributed by atoms with E-state index in [0.717, 1.165) is 16.1 Å². The molecular formula is C19H23ClN2OS. The normalized spacial score (nSPS) is 11.9. The molecule has 5 heteroatoms. The van der Waals surface area contributed by atoms with E-state index >= 15 is 0 Å². The number of carbonyl (C=O) groups is 1. The number of carbonyl (C=O) groups excluding carboxylic acids is 1. The quantitative estimate of drug-likeness (QED) is 0.704. The maximum absolute atomic E-state index is 12.6. The molecule has 1 unspecified atom stereocenters. The minimum atomic E-state index is -0.141. The molecule has 0 heterocycles. The minimum Gasteiger partial charge on any atom is -0.378 e. The van der Waals surface area contributed by atoms with Gasteiger partial charge in [0.15, 0.2) is 0 Å². The summed E-state index contributed by atoms with van der Waals surface area (Å²) in [5, 5.41) is 0.564. The number of thioether (sulfide) groups is 1. The molecule has 0 aliphatic rings. The number of hydrogen-bond donors (Lipinski definition) is 0. The number of amides is 1. The van der Waals surface area contributed by atoms with Crippen molar-refractivity contribution in [1.82, 2.24) is 4.90 Å². The lowest BCUT2D eigenvalue weighted by Crippen LogP contribution is -2.32. The molecule has 2 rings (SSSR count). The average Bonchev–Trinajstić information content (AvgIpc) is 2.56. The van der Waals surface area contributed by atoms with Crippen LogP contribution in [-0.4, -0.2) is 37.2 Å². The van der Waals surface area contributed by atoms with Crippen molar-refractivity contribution in [2.75, 3.05) is 26.0 Å². The van der Waals surface area contributed by atoms with Crippen molar-refractivity contribution in [2.24, 2.45) is 0 Å². The van der Waals surface area contributed by atoms with E-state index < -0.39 is 0 Å². The molecule has 0 bridgehead atoms.